The predicted octanol–water partition coefficient (Wildman–Crippen LogP) is 5.38. The van der Waals surface area contributed by atoms with E-state index >= 15 is 0 Å². The van der Waals surface area contributed by atoms with E-state index in [2.05, 4.69) is 26.8 Å². The molecule has 39 heavy (non-hydrogen) atoms. The van der Waals surface area contributed by atoms with Crippen molar-refractivity contribution in [2.75, 3.05) is 41.0 Å². The highest BCUT2D eigenvalue weighted by Crippen LogP contribution is 2.28. The molecule has 0 aliphatic carbocycles. The third kappa shape index (κ3) is 8.75. The van der Waals surface area contributed by atoms with Gasteiger partial charge in [-0.25, -0.2) is 0 Å². The monoisotopic (exact) mass is 552 g/mol. The molecule has 0 radical (unpaired) electrons. The first-order valence-electron chi connectivity index (χ1n) is 13.2. The Balaban J connectivity index is 1.76. The van der Waals surface area contributed by atoms with Crippen molar-refractivity contribution in [3.05, 3.63) is 75.5 Å². The second-order valence-corrected chi connectivity index (χ2v) is 11.0. The molecule has 0 spiro atoms. The zero-order valence-corrected chi connectivity index (χ0v) is 24.7. The predicted molar refractivity (Wildman–Crippen MR) is 156 cm³/mol. The summed E-state index contributed by atoms with van der Waals surface area (Å²) >= 11 is 1.65. The fraction of sp³-hybridized carbons (Fsp3) is 0.419. The molecule has 0 fully saturated rings. The van der Waals surface area contributed by atoms with Crippen LogP contribution in [0, 0.1) is 12.8 Å². The quantitative estimate of drug-likeness (QED) is 0.269. The first-order valence-corrected chi connectivity index (χ1v) is 14.0. The number of ether oxygens (including phenoxy) is 3. The summed E-state index contributed by atoms with van der Waals surface area (Å²) < 4.78 is 16.0. The molecule has 7 nitrogen and oxygen atoms in total. The van der Waals surface area contributed by atoms with Crippen LogP contribution in [0.25, 0.3) is 0 Å². The van der Waals surface area contributed by atoms with Crippen LogP contribution in [0.15, 0.2) is 53.9 Å². The number of nitrogens with zero attached hydrogens (tertiary/aromatic N) is 2. The van der Waals surface area contributed by atoms with E-state index < -0.39 is 0 Å². The molecule has 3 aromatic rings. The lowest BCUT2D eigenvalue weighted by molar-refractivity contribution is -0.141. The Labute approximate surface area is 236 Å². The van der Waals surface area contributed by atoms with E-state index in [0.717, 1.165) is 21.8 Å². The van der Waals surface area contributed by atoms with Gasteiger partial charge in [0.15, 0.2) is 11.5 Å². The molecule has 0 N–H and O–H groups in total. The van der Waals surface area contributed by atoms with Crippen molar-refractivity contribution >= 4 is 23.2 Å². The summed E-state index contributed by atoms with van der Waals surface area (Å²) in [7, 11) is 4.84. The van der Waals surface area contributed by atoms with Crippen LogP contribution in [0.1, 0.15) is 35.4 Å². The molecule has 0 aliphatic heterocycles. The van der Waals surface area contributed by atoms with Crippen molar-refractivity contribution in [3.63, 3.8) is 0 Å². The van der Waals surface area contributed by atoms with Gasteiger partial charge in [-0.1, -0.05) is 32.0 Å². The van der Waals surface area contributed by atoms with E-state index in [9.17, 15) is 9.59 Å². The molecule has 3 rings (SSSR count). The minimum Gasteiger partial charge on any atom is -0.497 e. The molecule has 0 atom stereocenters. The Morgan fingerprint density at radius 2 is 1.54 bits per heavy atom. The number of rotatable bonds is 14. The third-order valence-corrected chi connectivity index (χ3v) is 7.56. The van der Waals surface area contributed by atoms with Crippen LogP contribution >= 0.6 is 11.3 Å². The molecular formula is C31H40N2O5S. The summed E-state index contributed by atoms with van der Waals surface area (Å²) in [4.78, 5) is 31.8. The number of carbonyl (C=O) groups is 2. The number of thiophene rings is 1. The number of benzene rings is 2. The van der Waals surface area contributed by atoms with Crippen LogP contribution in [0.2, 0.25) is 0 Å². The van der Waals surface area contributed by atoms with Gasteiger partial charge in [-0.2, -0.15) is 0 Å². The zero-order chi connectivity index (χ0) is 28.4. The van der Waals surface area contributed by atoms with Crippen molar-refractivity contribution < 1.29 is 23.8 Å². The fourth-order valence-electron chi connectivity index (χ4n) is 4.32. The van der Waals surface area contributed by atoms with Gasteiger partial charge in [-0.15, -0.1) is 11.3 Å². The fourth-order valence-corrected chi connectivity index (χ4v) is 5.24. The first-order chi connectivity index (χ1) is 18.7. The molecule has 0 saturated heterocycles. The highest BCUT2D eigenvalue weighted by atomic mass is 32.1. The molecule has 2 amide bonds. The van der Waals surface area contributed by atoms with Gasteiger partial charge < -0.3 is 24.0 Å². The van der Waals surface area contributed by atoms with Crippen molar-refractivity contribution in [2.45, 2.75) is 40.2 Å². The second-order valence-electron chi connectivity index (χ2n) is 9.97. The Bertz CT molecular complexity index is 1220. The molecule has 8 heteroatoms. The minimum atomic E-state index is -0.0630. The Morgan fingerprint density at radius 1 is 0.846 bits per heavy atom. The maximum absolute atomic E-state index is 13.7. The molecule has 0 unspecified atom stereocenters. The van der Waals surface area contributed by atoms with Crippen LogP contribution in [-0.4, -0.2) is 62.6 Å². The Morgan fingerprint density at radius 3 is 2.13 bits per heavy atom. The van der Waals surface area contributed by atoms with Crippen LogP contribution in [0.3, 0.4) is 0 Å². The number of methoxy groups -OCH3 is 3. The van der Waals surface area contributed by atoms with E-state index in [0.29, 0.717) is 37.6 Å². The molecule has 210 valence electrons. The summed E-state index contributed by atoms with van der Waals surface area (Å²) in [6.45, 7) is 7.77. The summed E-state index contributed by atoms with van der Waals surface area (Å²) in [5, 5.41) is 2.05. The second kappa shape index (κ2) is 14.6. The smallest absolute Gasteiger partial charge is 0.242 e. The summed E-state index contributed by atoms with van der Waals surface area (Å²) in [5.74, 6) is 2.19. The van der Waals surface area contributed by atoms with Gasteiger partial charge in [0.2, 0.25) is 11.8 Å². The van der Waals surface area contributed by atoms with E-state index in [-0.39, 0.29) is 30.7 Å². The van der Waals surface area contributed by atoms with Gasteiger partial charge in [0.05, 0.1) is 40.8 Å². The van der Waals surface area contributed by atoms with Crippen LogP contribution in [0.5, 0.6) is 17.2 Å². The normalized spacial score (nSPS) is 10.8. The summed E-state index contributed by atoms with van der Waals surface area (Å²) in [5.41, 5.74) is 3.10. The van der Waals surface area contributed by atoms with Crippen molar-refractivity contribution in [2.24, 2.45) is 5.92 Å². The van der Waals surface area contributed by atoms with E-state index in [1.54, 1.807) is 37.6 Å². The third-order valence-electron chi connectivity index (χ3n) is 6.55. The number of aryl methyl sites for hydroxylation is 1. The zero-order valence-electron chi connectivity index (χ0n) is 23.9. The minimum absolute atomic E-state index is 0.0452. The van der Waals surface area contributed by atoms with Crippen LogP contribution < -0.4 is 14.2 Å². The SMILES string of the molecule is COc1ccc(CC(=O)N(CC(=O)N(CCc2ccc(OC)c(OC)c2)Cc2sccc2C)CC(C)C)cc1. The number of hydrogen-bond acceptors (Lipinski definition) is 6. The van der Waals surface area contributed by atoms with Crippen molar-refractivity contribution in [3.8, 4) is 17.2 Å². The van der Waals surface area contributed by atoms with E-state index in [4.69, 9.17) is 14.2 Å². The Kier molecular flexibility index (Phi) is 11.2. The lowest BCUT2D eigenvalue weighted by atomic mass is 10.1. The van der Waals surface area contributed by atoms with Gasteiger partial charge in [-0.05, 0) is 71.7 Å². The molecule has 0 saturated carbocycles. The van der Waals surface area contributed by atoms with Gasteiger partial charge in [0.1, 0.15) is 5.75 Å². The van der Waals surface area contributed by atoms with Gasteiger partial charge in [0, 0.05) is 18.0 Å². The Hall–Kier alpha value is -3.52. The molecule has 2 aromatic carbocycles. The van der Waals surface area contributed by atoms with Gasteiger partial charge in [-0.3, -0.25) is 9.59 Å². The van der Waals surface area contributed by atoms with E-state index in [1.165, 1.54) is 5.56 Å². The largest absolute Gasteiger partial charge is 0.497 e. The molecule has 0 bridgehead atoms. The van der Waals surface area contributed by atoms with Crippen molar-refractivity contribution in [1.29, 1.82) is 0 Å². The number of hydrogen-bond donors (Lipinski definition) is 0. The highest BCUT2D eigenvalue weighted by Gasteiger charge is 2.23. The average Bonchev–Trinajstić information content (AvgIpc) is 3.34. The lowest BCUT2D eigenvalue weighted by Crippen LogP contribution is -2.45. The first kappa shape index (κ1) is 30.0. The van der Waals surface area contributed by atoms with Crippen molar-refractivity contribution in [1.82, 2.24) is 9.80 Å². The van der Waals surface area contributed by atoms with Crippen LogP contribution in [-0.2, 0) is 29.0 Å². The lowest BCUT2D eigenvalue weighted by Gasteiger charge is -2.29. The average molecular weight is 553 g/mol. The summed E-state index contributed by atoms with van der Waals surface area (Å²) in [6.07, 6.45) is 0.889. The highest BCUT2D eigenvalue weighted by molar-refractivity contribution is 7.10. The van der Waals surface area contributed by atoms with Gasteiger partial charge >= 0.3 is 0 Å². The molecular weight excluding hydrogens is 512 g/mol. The topological polar surface area (TPSA) is 68.3 Å². The molecule has 1 aromatic heterocycles. The standard InChI is InChI=1S/C31H40N2O5S/c1-22(2)19-33(30(34)18-24-7-10-26(36-4)11-8-24)21-31(35)32(20-29-23(3)14-16-39-29)15-13-25-9-12-27(37-5)28(17-25)38-6/h7-12,14,16-17,22H,13,15,18-21H2,1-6H3. The maximum Gasteiger partial charge on any atom is 0.242 e. The maximum atomic E-state index is 13.7. The number of carbonyl (C=O) groups excluding carboxylic acids is 2. The number of amides is 2. The van der Waals surface area contributed by atoms with E-state index in [1.807, 2.05) is 52.7 Å². The summed E-state index contributed by atoms with van der Waals surface area (Å²) in [6, 6.07) is 15.4. The molecule has 0 aliphatic rings. The van der Waals surface area contributed by atoms with Gasteiger partial charge in [0.25, 0.3) is 0 Å². The molecule has 1 heterocycles. The van der Waals surface area contributed by atoms with Crippen LogP contribution in [0.4, 0.5) is 0 Å².